The Morgan fingerprint density at radius 1 is 0.359 bits per heavy atom. The first-order chi connectivity index (χ1) is 69.4. The Bertz CT molecular complexity index is 7330. The van der Waals surface area contributed by atoms with Gasteiger partial charge in [-0.1, -0.05) is 110 Å². The molecule has 728 valence electrons. The number of rotatable bonds is 21. The van der Waals surface area contributed by atoms with Gasteiger partial charge in [0.15, 0.2) is 0 Å². The van der Waals surface area contributed by atoms with Crippen LogP contribution >= 0.6 is 0 Å². The van der Waals surface area contributed by atoms with Gasteiger partial charge in [-0.15, -0.1) is 0 Å². The van der Waals surface area contributed by atoms with E-state index in [9.17, 15) is 26.3 Å². The highest BCUT2D eigenvalue weighted by molar-refractivity contribution is 5.99. The minimum absolute atomic E-state index is 0.125. The van der Waals surface area contributed by atoms with Crippen molar-refractivity contribution >= 4 is 90.3 Å². The second-order valence-electron chi connectivity index (χ2n) is 36.9. The lowest BCUT2D eigenvalue weighted by Gasteiger charge is -2.25. The van der Waals surface area contributed by atoms with Gasteiger partial charge in [-0.2, -0.15) is 18.3 Å². The fraction of sp³-hybridized carbons (Fsp3) is 0.312. The van der Waals surface area contributed by atoms with Gasteiger partial charge in [-0.3, -0.25) is 0 Å². The molecule has 11 aromatic carbocycles. The summed E-state index contributed by atoms with van der Waals surface area (Å²) in [6.45, 7) is 12.6. The summed E-state index contributed by atoms with van der Waals surface area (Å²) >= 11 is 0. The van der Waals surface area contributed by atoms with E-state index in [0.717, 1.165) is 221 Å². The number of aromatic nitrogens is 10. The number of alkyl halides is 3. The molecule has 0 atom stereocenters. The first-order valence-electron chi connectivity index (χ1n) is 48.8. The Labute approximate surface area is 819 Å². The van der Waals surface area contributed by atoms with E-state index in [0.29, 0.717) is 107 Å². The second kappa shape index (κ2) is 42.4. The monoisotopic (exact) mass is 1920 g/mol. The molecule has 6 aliphatic heterocycles. The van der Waals surface area contributed by atoms with Gasteiger partial charge in [-0.25, -0.2) is 57.7 Å². The average Bonchev–Trinajstić information content (AvgIpc) is 0.994. The third-order valence-corrected chi connectivity index (χ3v) is 27.9. The molecule has 0 unspecified atom stereocenters. The van der Waals surface area contributed by atoms with Crippen molar-refractivity contribution in [1.82, 2.24) is 65.6 Å². The van der Waals surface area contributed by atoms with E-state index in [1.165, 1.54) is 115 Å². The Balaban J connectivity index is 0.000000116. The van der Waals surface area contributed by atoms with Gasteiger partial charge in [0.2, 0.25) is 23.8 Å². The fourth-order valence-electron chi connectivity index (χ4n) is 20.9. The number of methoxy groups -OCH3 is 4. The molecule has 0 amide bonds. The highest BCUT2D eigenvalue weighted by Gasteiger charge is 2.35. The molecule has 5 aromatic heterocycles. The molecule has 0 spiro atoms. The number of halogens is 6. The Hall–Kier alpha value is -14.8. The summed E-state index contributed by atoms with van der Waals surface area (Å²) < 4.78 is 123. The summed E-state index contributed by atoms with van der Waals surface area (Å²) in [5.74, 6) is 8.22. The molecular weight excluding hydrogens is 1810 g/mol. The van der Waals surface area contributed by atoms with Crippen molar-refractivity contribution in [3.63, 3.8) is 0 Å². The first kappa shape index (κ1) is 94.8. The zero-order valence-electron chi connectivity index (χ0n) is 80.0. The van der Waals surface area contributed by atoms with Crippen molar-refractivity contribution in [2.45, 2.75) is 140 Å². The zero-order chi connectivity index (χ0) is 97.5. The molecule has 24 nitrogen and oxygen atoms in total. The van der Waals surface area contributed by atoms with E-state index in [4.69, 9.17) is 58.2 Å². The predicted octanol–water partition coefficient (Wildman–Crippen LogP) is 24.7. The van der Waals surface area contributed by atoms with Crippen LogP contribution in [-0.2, 0) is 25.4 Å². The lowest BCUT2D eigenvalue weighted by molar-refractivity contribution is -0.137. The summed E-state index contributed by atoms with van der Waals surface area (Å²) in [5, 5.41) is 32.2. The van der Waals surface area contributed by atoms with Crippen LogP contribution in [0.15, 0.2) is 213 Å². The molecule has 0 radical (unpaired) electrons. The van der Waals surface area contributed by atoms with Crippen molar-refractivity contribution in [3.05, 3.63) is 275 Å². The average molecular weight is 1920 g/mol. The maximum atomic E-state index is 14.1. The number of fused-ring (bicyclic) bond motifs is 7. The summed E-state index contributed by atoms with van der Waals surface area (Å²) in [6, 6.07) is 55.3. The summed E-state index contributed by atoms with van der Waals surface area (Å²) in [7, 11) is 6.03. The quantitative estimate of drug-likeness (QED) is 0.0330. The molecule has 1 aliphatic carbocycles. The van der Waals surface area contributed by atoms with Gasteiger partial charge in [0, 0.05) is 157 Å². The number of nitrogens with zero attached hydrogens (tertiary/aromatic N) is 10. The maximum absolute atomic E-state index is 14.1. The van der Waals surface area contributed by atoms with Crippen LogP contribution in [0.25, 0.3) is 88.1 Å². The molecule has 0 bridgehead atoms. The minimum Gasteiger partial charge on any atom is -0.496 e. The molecule has 3 saturated heterocycles. The molecule has 142 heavy (non-hydrogen) atoms. The normalized spacial score (nSPS) is 15.4. The van der Waals surface area contributed by atoms with Gasteiger partial charge in [-0.05, 0) is 218 Å². The van der Waals surface area contributed by atoms with Gasteiger partial charge in [0.05, 0.1) is 98.6 Å². The third-order valence-electron chi connectivity index (χ3n) is 27.9. The van der Waals surface area contributed by atoms with Crippen molar-refractivity contribution in [3.8, 4) is 84.8 Å². The van der Waals surface area contributed by atoms with Gasteiger partial charge >= 0.3 is 6.18 Å². The lowest BCUT2D eigenvalue weighted by atomic mass is 9.86. The van der Waals surface area contributed by atoms with Gasteiger partial charge in [0.1, 0.15) is 63.5 Å². The highest BCUT2D eigenvalue weighted by atomic mass is 19.4. The molecule has 1 saturated carbocycles. The molecule has 23 rings (SSSR count). The number of para-hydroxylation sites is 4. The second-order valence-corrected chi connectivity index (χ2v) is 36.9. The van der Waals surface area contributed by atoms with E-state index in [2.05, 4.69) is 107 Å². The Kier molecular flexibility index (Phi) is 28.3. The summed E-state index contributed by atoms with van der Waals surface area (Å²) in [6.07, 6.45) is 18.5. The molecule has 4 fully saturated rings. The van der Waals surface area contributed by atoms with E-state index in [1.54, 1.807) is 58.1 Å². The van der Waals surface area contributed by atoms with E-state index in [-0.39, 0.29) is 29.2 Å². The van der Waals surface area contributed by atoms with Crippen LogP contribution in [0.5, 0.6) is 40.2 Å². The third kappa shape index (κ3) is 20.3. The number of hydrogen-bond donors (Lipinski definition) is 7. The number of ether oxygens (including phenoxy) is 7. The molecule has 30 heteroatoms. The van der Waals surface area contributed by atoms with Crippen LogP contribution in [-0.4, -0.2) is 137 Å². The topological polar surface area (TPSA) is 270 Å². The van der Waals surface area contributed by atoms with Crippen LogP contribution in [0.2, 0.25) is 0 Å². The number of benzene rings is 11. The molecule has 11 heterocycles. The van der Waals surface area contributed by atoms with Gasteiger partial charge < -0.3 is 70.4 Å². The minimum atomic E-state index is -4.46. The summed E-state index contributed by atoms with van der Waals surface area (Å²) in [5.41, 5.74) is 19.7. The standard InChI is InChI=1S/C29H27F3N4O2.2C28H27FN4O2.C27H30FN5O/c1-37-25-15-19(29(30,31)32)5-6-21(25)22-4-2-3-18-16-34-28(36-26(18)22)35-24-8-7-20(17-9-12-33-13-10-17)23-11-14-38-27(23)24;1-34-25-8-5-19(29)15-23(25)21-4-2-3-18-16-31-28(33-26(18)21)32-24-7-6-20(17-9-12-30-13-10-17)22-11-14-35-27(22)24;1-34-25-15-19(29)5-6-21(25)22-4-2-3-18-16-31-28(33-26(18)22)32-24-8-7-20(17-9-12-30-13-10-17)23-11-14-35-27(23)24;1-17(2)33-25(15-23(32-33)18-8-5-4-6-9-18)30-27-29-16-19-10-7-11-22(26(19)31-27)21-13-12-20(28)14-24(21)34-3/h2-8,15-17,33H,9-14H2,1H3,(H,34,35,36);2*2-8,15-17,30H,9-14H2,1H3,(H,31,32,33);7,10-18H,4-6,8-9H2,1-3H3,(H,29,30,31). The van der Waals surface area contributed by atoms with E-state index in [1.807, 2.05) is 89.7 Å². The van der Waals surface area contributed by atoms with Crippen LogP contribution in [0, 0.1) is 17.5 Å². The smallest absolute Gasteiger partial charge is 0.416 e. The number of piperidine rings is 3. The van der Waals surface area contributed by atoms with E-state index < -0.39 is 11.7 Å². The summed E-state index contributed by atoms with van der Waals surface area (Å²) in [4.78, 5) is 37.5. The molecule has 16 aromatic rings. The van der Waals surface area contributed by atoms with Crippen molar-refractivity contribution in [1.29, 1.82) is 0 Å². The zero-order valence-corrected chi connectivity index (χ0v) is 80.0. The number of hydrogen-bond acceptors (Lipinski definition) is 23. The van der Waals surface area contributed by atoms with Crippen molar-refractivity contribution in [2.75, 3.05) is 109 Å². The number of nitrogens with one attached hydrogen (secondary N) is 7. The van der Waals surface area contributed by atoms with Crippen molar-refractivity contribution in [2.24, 2.45) is 0 Å². The van der Waals surface area contributed by atoms with Crippen molar-refractivity contribution < 1.29 is 59.5 Å². The Morgan fingerprint density at radius 3 is 1.08 bits per heavy atom. The first-order valence-corrected chi connectivity index (χ1v) is 48.8. The van der Waals surface area contributed by atoms with Crippen LogP contribution in [0.1, 0.15) is 159 Å². The molecule has 7 aliphatic rings. The fourth-order valence-corrected chi connectivity index (χ4v) is 20.9. The van der Waals surface area contributed by atoms with Gasteiger partial charge in [0.25, 0.3) is 0 Å². The maximum Gasteiger partial charge on any atom is 0.416 e. The SMILES string of the molecule is COc1cc(C(F)(F)F)ccc1-c1cccc2cnc(Nc3ccc(C4CCNCC4)c4c3OCC4)nc12.COc1cc(F)ccc1-c1cccc2cnc(Nc3cc(C4CCCCC4)nn3C(C)C)nc12.COc1cc(F)ccc1-c1cccc2cnc(Nc3ccc(C4CCNCC4)c4c3OCC4)nc12.COc1ccc(F)cc1-c1cccc2cnc(Nc3ccc(C4CCNCC4)c4c3OCC4)nc12. The van der Waals surface area contributed by atoms with E-state index >= 15 is 0 Å². The largest absolute Gasteiger partial charge is 0.496 e. The number of anilines is 8. The Morgan fingerprint density at radius 2 is 0.711 bits per heavy atom. The van der Waals surface area contributed by atoms with Crippen LogP contribution < -0.4 is 70.4 Å². The highest BCUT2D eigenvalue weighted by Crippen LogP contribution is 2.49. The van der Waals surface area contributed by atoms with Crippen LogP contribution in [0.3, 0.4) is 0 Å². The molecular formula is C112H111F6N17O7. The lowest BCUT2D eigenvalue weighted by Crippen LogP contribution is -2.27. The predicted molar refractivity (Wildman–Crippen MR) is 544 cm³/mol. The van der Waals surface area contributed by atoms with Crippen LogP contribution in [0.4, 0.5) is 73.0 Å². The molecule has 7 N–H and O–H groups in total.